The Bertz CT molecular complexity index is 596. The quantitative estimate of drug-likeness (QED) is 0.833. The van der Waals surface area contributed by atoms with Gasteiger partial charge in [0.05, 0.1) is 0 Å². The zero-order valence-electron chi connectivity index (χ0n) is 9.91. The highest BCUT2D eigenvalue weighted by Crippen LogP contribution is 2.21. The van der Waals surface area contributed by atoms with Crippen LogP contribution < -0.4 is 11.1 Å². The van der Waals surface area contributed by atoms with Gasteiger partial charge in [0.1, 0.15) is 0 Å². The first kappa shape index (κ1) is 12.6. The van der Waals surface area contributed by atoms with Gasteiger partial charge in [0.2, 0.25) is 0 Å². The smallest absolute Gasteiger partial charge is 0.255 e. The van der Waals surface area contributed by atoms with E-state index in [0.717, 1.165) is 10.0 Å². The van der Waals surface area contributed by atoms with E-state index in [2.05, 4.69) is 21.2 Å². The Morgan fingerprint density at radius 3 is 2.67 bits per heavy atom. The first-order valence-corrected chi connectivity index (χ1v) is 6.29. The van der Waals surface area contributed by atoms with Crippen LogP contribution in [-0.4, -0.2) is 5.91 Å². The number of nitrogens with two attached hydrogens (primary N) is 1. The molecule has 3 N–H and O–H groups in total. The molecule has 2 aromatic rings. The lowest BCUT2D eigenvalue weighted by atomic mass is 10.1. The van der Waals surface area contributed by atoms with Gasteiger partial charge in [-0.1, -0.05) is 28.1 Å². The maximum Gasteiger partial charge on any atom is 0.255 e. The van der Waals surface area contributed by atoms with Crippen LogP contribution in [0, 0.1) is 6.92 Å². The minimum absolute atomic E-state index is 0.139. The molecule has 0 atom stereocenters. The molecule has 0 bridgehead atoms. The molecule has 0 aliphatic heterocycles. The Labute approximate surface area is 114 Å². The highest BCUT2D eigenvalue weighted by Gasteiger charge is 2.10. The van der Waals surface area contributed by atoms with Crippen molar-refractivity contribution in [2.24, 2.45) is 0 Å². The van der Waals surface area contributed by atoms with Gasteiger partial charge in [0.15, 0.2) is 0 Å². The molecule has 2 aromatic carbocycles. The Morgan fingerprint density at radius 2 is 1.94 bits per heavy atom. The molecule has 0 aliphatic carbocycles. The van der Waals surface area contributed by atoms with Crippen molar-refractivity contribution in [1.29, 1.82) is 0 Å². The van der Waals surface area contributed by atoms with Crippen molar-refractivity contribution < 1.29 is 4.79 Å². The summed E-state index contributed by atoms with van der Waals surface area (Å²) in [5, 5.41) is 2.83. The lowest BCUT2D eigenvalue weighted by Crippen LogP contribution is -2.13. The standard InChI is InChI=1S/C14H13BrN2O/c1-9-12(6-3-7-13(9)15)14(18)17-11-5-2-4-10(16)8-11/h2-8H,16H2,1H3,(H,17,18). The fraction of sp³-hybridized carbons (Fsp3) is 0.0714. The molecule has 92 valence electrons. The molecule has 0 unspecified atom stereocenters. The molecule has 0 spiro atoms. The summed E-state index contributed by atoms with van der Waals surface area (Å²) in [6, 6.07) is 12.7. The Kier molecular flexibility index (Phi) is 3.67. The van der Waals surface area contributed by atoms with E-state index in [0.29, 0.717) is 16.9 Å². The minimum Gasteiger partial charge on any atom is -0.399 e. The van der Waals surface area contributed by atoms with Crippen molar-refractivity contribution in [1.82, 2.24) is 0 Å². The Balaban J connectivity index is 2.25. The molecule has 2 rings (SSSR count). The first-order valence-electron chi connectivity index (χ1n) is 5.50. The molecular weight excluding hydrogens is 292 g/mol. The van der Waals surface area contributed by atoms with E-state index in [1.54, 1.807) is 24.3 Å². The third-order valence-electron chi connectivity index (χ3n) is 2.66. The maximum absolute atomic E-state index is 12.1. The van der Waals surface area contributed by atoms with E-state index in [9.17, 15) is 4.79 Å². The average molecular weight is 305 g/mol. The number of carbonyl (C=O) groups excluding carboxylic acids is 1. The molecule has 0 fully saturated rings. The van der Waals surface area contributed by atoms with Gasteiger partial charge >= 0.3 is 0 Å². The summed E-state index contributed by atoms with van der Waals surface area (Å²) in [6.45, 7) is 1.90. The van der Waals surface area contributed by atoms with E-state index in [4.69, 9.17) is 5.73 Å². The summed E-state index contributed by atoms with van der Waals surface area (Å²) in [5.74, 6) is -0.139. The van der Waals surface area contributed by atoms with Crippen molar-refractivity contribution >= 4 is 33.2 Å². The molecule has 0 heterocycles. The lowest BCUT2D eigenvalue weighted by molar-refractivity contribution is 0.102. The number of halogens is 1. The summed E-state index contributed by atoms with van der Waals surface area (Å²) in [7, 11) is 0. The van der Waals surface area contributed by atoms with E-state index >= 15 is 0 Å². The highest BCUT2D eigenvalue weighted by molar-refractivity contribution is 9.10. The zero-order chi connectivity index (χ0) is 13.1. The molecule has 0 aromatic heterocycles. The summed E-state index contributed by atoms with van der Waals surface area (Å²) >= 11 is 3.41. The summed E-state index contributed by atoms with van der Waals surface area (Å²) in [4.78, 5) is 12.1. The fourth-order valence-electron chi connectivity index (χ4n) is 1.67. The van der Waals surface area contributed by atoms with Gasteiger partial charge in [-0.2, -0.15) is 0 Å². The van der Waals surface area contributed by atoms with Crippen LogP contribution in [0.15, 0.2) is 46.9 Å². The number of nitrogen functional groups attached to an aromatic ring is 1. The third kappa shape index (κ3) is 2.71. The van der Waals surface area contributed by atoms with Gasteiger partial charge in [-0.3, -0.25) is 4.79 Å². The van der Waals surface area contributed by atoms with Crippen LogP contribution in [0.4, 0.5) is 11.4 Å². The summed E-state index contributed by atoms with van der Waals surface area (Å²) in [6.07, 6.45) is 0. The number of amides is 1. The van der Waals surface area contributed by atoms with Crippen molar-refractivity contribution in [3.63, 3.8) is 0 Å². The predicted molar refractivity (Wildman–Crippen MR) is 77.7 cm³/mol. The van der Waals surface area contributed by atoms with Crippen LogP contribution in [-0.2, 0) is 0 Å². The number of carbonyl (C=O) groups is 1. The fourth-order valence-corrected chi connectivity index (χ4v) is 2.03. The van der Waals surface area contributed by atoms with Crippen molar-refractivity contribution in [3.8, 4) is 0 Å². The maximum atomic E-state index is 12.1. The third-order valence-corrected chi connectivity index (χ3v) is 3.52. The molecule has 0 saturated heterocycles. The number of hydrogen-bond donors (Lipinski definition) is 2. The average Bonchev–Trinajstić information content (AvgIpc) is 2.32. The second kappa shape index (κ2) is 5.23. The number of benzene rings is 2. The van der Waals surface area contributed by atoms with Crippen LogP contribution >= 0.6 is 15.9 Å². The van der Waals surface area contributed by atoms with Crippen LogP contribution in [0.2, 0.25) is 0 Å². The number of rotatable bonds is 2. The van der Waals surface area contributed by atoms with E-state index in [1.807, 2.05) is 25.1 Å². The second-order valence-electron chi connectivity index (χ2n) is 3.99. The van der Waals surface area contributed by atoms with Crippen LogP contribution in [0.1, 0.15) is 15.9 Å². The summed E-state index contributed by atoms with van der Waals surface area (Å²) < 4.78 is 0.919. The number of nitrogens with one attached hydrogen (secondary N) is 1. The molecular formula is C14H13BrN2O. The molecule has 0 aliphatic rings. The highest BCUT2D eigenvalue weighted by atomic mass is 79.9. The van der Waals surface area contributed by atoms with Crippen molar-refractivity contribution in [2.75, 3.05) is 11.1 Å². The Hall–Kier alpha value is -1.81. The van der Waals surface area contributed by atoms with E-state index < -0.39 is 0 Å². The van der Waals surface area contributed by atoms with E-state index in [-0.39, 0.29) is 5.91 Å². The number of hydrogen-bond acceptors (Lipinski definition) is 2. The number of anilines is 2. The van der Waals surface area contributed by atoms with Crippen LogP contribution in [0.25, 0.3) is 0 Å². The van der Waals surface area contributed by atoms with Crippen LogP contribution in [0.5, 0.6) is 0 Å². The first-order chi connectivity index (χ1) is 8.58. The van der Waals surface area contributed by atoms with Crippen molar-refractivity contribution in [2.45, 2.75) is 6.92 Å². The van der Waals surface area contributed by atoms with Crippen molar-refractivity contribution in [3.05, 3.63) is 58.1 Å². The summed E-state index contributed by atoms with van der Waals surface area (Å²) in [5.41, 5.74) is 8.55. The van der Waals surface area contributed by atoms with Gasteiger partial charge < -0.3 is 11.1 Å². The molecule has 0 radical (unpaired) electrons. The molecule has 4 heteroatoms. The topological polar surface area (TPSA) is 55.1 Å². The predicted octanol–water partition coefficient (Wildman–Crippen LogP) is 3.59. The van der Waals surface area contributed by atoms with Crippen LogP contribution in [0.3, 0.4) is 0 Å². The SMILES string of the molecule is Cc1c(Br)cccc1C(=O)Nc1cccc(N)c1. The van der Waals surface area contributed by atoms with E-state index in [1.165, 1.54) is 0 Å². The zero-order valence-corrected chi connectivity index (χ0v) is 11.5. The normalized spacial score (nSPS) is 10.1. The van der Waals surface area contributed by atoms with Gasteiger partial charge in [0, 0.05) is 21.4 Å². The molecule has 0 saturated carbocycles. The van der Waals surface area contributed by atoms with Gasteiger partial charge in [-0.15, -0.1) is 0 Å². The molecule has 18 heavy (non-hydrogen) atoms. The monoisotopic (exact) mass is 304 g/mol. The second-order valence-corrected chi connectivity index (χ2v) is 4.85. The Morgan fingerprint density at radius 1 is 1.22 bits per heavy atom. The lowest BCUT2D eigenvalue weighted by Gasteiger charge is -2.09. The minimum atomic E-state index is -0.139. The molecule has 1 amide bonds. The van der Waals surface area contributed by atoms with Gasteiger partial charge in [-0.05, 0) is 42.8 Å². The molecule has 3 nitrogen and oxygen atoms in total. The largest absolute Gasteiger partial charge is 0.399 e. The van der Waals surface area contributed by atoms with Gasteiger partial charge in [-0.25, -0.2) is 0 Å². The van der Waals surface area contributed by atoms with Gasteiger partial charge in [0.25, 0.3) is 5.91 Å².